The van der Waals surface area contributed by atoms with Gasteiger partial charge in [-0.15, -0.1) is 0 Å². The smallest absolute Gasteiger partial charge is 0.333 e. The molecule has 0 unspecified atom stereocenters. The number of amides is 1. The van der Waals surface area contributed by atoms with E-state index in [2.05, 4.69) is 20.4 Å². The van der Waals surface area contributed by atoms with Crippen LogP contribution in [0.4, 0.5) is 4.39 Å². The second-order valence-corrected chi connectivity index (χ2v) is 6.53. The number of aliphatic carboxylic acids is 1. The average molecular weight is 374 g/mol. The van der Waals surface area contributed by atoms with E-state index >= 15 is 0 Å². The van der Waals surface area contributed by atoms with Gasteiger partial charge in [0.15, 0.2) is 0 Å². The first kappa shape index (κ1) is 18.7. The second-order valence-electron chi connectivity index (χ2n) is 6.53. The summed E-state index contributed by atoms with van der Waals surface area (Å²) in [6, 6.07) is 2.67. The minimum Gasteiger partial charge on any atom is -0.478 e. The lowest BCUT2D eigenvalue weighted by Crippen LogP contribution is -2.29. The van der Waals surface area contributed by atoms with Gasteiger partial charge in [0.1, 0.15) is 11.5 Å². The summed E-state index contributed by atoms with van der Waals surface area (Å²) in [5, 5.41) is 15.7. The van der Waals surface area contributed by atoms with Crippen molar-refractivity contribution in [3.63, 3.8) is 0 Å². The van der Waals surface area contributed by atoms with Crippen LogP contribution in [0.3, 0.4) is 0 Å². The number of carboxylic acid groups (broad SMARTS) is 1. The Labute approximate surface area is 154 Å². The van der Waals surface area contributed by atoms with Crippen molar-refractivity contribution in [2.75, 3.05) is 0 Å². The number of halogens is 1. The Morgan fingerprint density at radius 1 is 1.41 bits per heavy atom. The number of rotatable bonds is 6. The van der Waals surface area contributed by atoms with Gasteiger partial charge in [0.2, 0.25) is 17.6 Å². The van der Waals surface area contributed by atoms with Gasteiger partial charge in [-0.05, 0) is 37.3 Å². The predicted molar refractivity (Wildman–Crippen MR) is 91.6 cm³/mol. The minimum atomic E-state index is -0.995. The molecule has 2 aromatic heterocycles. The van der Waals surface area contributed by atoms with E-state index in [0.29, 0.717) is 30.2 Å². The normalized spacial score (nSPS) is 17.0. The van der Waals surface area contributed by atoms with Gasteiger partial charge >= 0.3 is 5.97 Å². The van der Waals surface area contributed by atoms with Gasteiger partial charge in [-0.3, -0.25) is 4.79 Å². The summed E-state index contributed by atoms with van der Waals surface area (Å²) in [6.07, 6.45) is 3.10. The molecule has 0 bridgehead atoms. The molecule has 2 heterocycles. The van der Waals surface area contributed by atoms with Crippen molar-refractivity contribution < 1.29 is 23.6 Å². The molecule has 142 valence electrons. The Balaban J connectivity index is 1.59. The third-order valence-corrected chi connectivity index (χ3v) is 4.34. The van der Waals surface area contributed by atoms with Crippen molar-refractivity contribution in [1.82, 2.24) is 20.4 Å². The number of aryl methyl sites for hydroxylation is 1. The lowest BCUT2D eigenvalue weighted by molar-refractivity contribution is -0.133. The van der Waals surface area contributed by atoms with E-state index in [1.54, 1.807) is 0 Å². The van der Waals surface area contributed by atoms with E-state index in [1.807, 2.05) is 6.92 Å². The molecule has 3 rings (SSSR count). The first-order valence-electron chi connectivity index (χ1n) is 8.62. The minimum absolute atomic E-state index is 0.0727. The first-order valence-corrected chi connectivity index (χ1v) is 8.62. The number of carboxylic acids is 1. The maximum absolute atomic E-state index is 12.9. The molecule has 1 amide bonds. The number of pyridine rings is 1. The van der Waals surface area contributed by atoms with E-state index in [0.717, 1.165) is 12.6 Å². The van der Waals surface area contributed by atoms with Crippen LogP contribution in [-0.2, 0) is 16.0 Å². The molecule has 0 spiro atoms. The van der Waals surface area contributed by atoms with Crippen LogP contribution in [0.25, 0.3) is 11.5 Å². The molecule has 8 nitrogen and oxygen atoms in total. The molecule has 0 saturated carbocycles. The number of allylic oxidation sites excluding steroid dienone is 1. The lowest BCUT2D eigenvalue weighted by Gasteiger charge is -2.23. The SMILES string of the molecule is C[C@@H]1CCC(C(=O)O)=C(NC(=O)CCc2nc(-c3ccc(F)cn3)no2)C1. The number of carbonyl (C=O) groups is 2. The number of aromatic nitrogens is 3. The zero-order valence-corrected chi connectivity index (χ0v) is 14.7. The molecule has 0 fully saturated rings. The zero-order chi connectivity index (χ0) is 19.4. The first-order chi connectivity index (χ1) is 12.9. The van der Waals surface area contributed by atoms with Crippen molar-refractivity contribution in [3.8, 4) is 11.5 Å². The number of hydrogen-bond donors (Lipinski definition) is 2. The third kappa shape index (κ3) is 4.75. The van der Waals surface area contributed by atoms with Gasteiger partial charge in [-0.2, -0.15) is 4.98 Å². The van der Waals surface area contributed by atoms with Gasteiger partial charge in [0.25, 0.3) is 0 Å². The molecule has 1 aliphatic rings. The Morgan fingerprint density at radius 2 is 2.22 bits per heavy atom. The van der Waals surface area contributed by atoms with Gasteiger partial charge in [0.05, 0.1) is 11.8 Å². The molecule has 0 saturated heterocycles. The fourth-order valence-corrected chi connectivity index (χ4v) is 2.90. The van der Waals surface area contributed by atoms with Gasteiger partial charge in [-0.1, -0.05) is 12.1 Å². The van der Waals surface area contributed by atoms with E-state index in [9.17, 15) is 19.1 Å². The largest absolute Gasteiger partial charge is 0.478 e. The summed E-state index contributed by atoms with van der Waals surface area (Å²) in [6.45, 7) is 2.02. The van der Waals surface area contributed by atoms with Crippen LogP contribution < -0.4 is 5.32 Å². The fraction of sp³-hybridized carbons (Fsp3) is 0.389. The molecule has 0 radical (unpaired) electrons. The summed E-state index contributed by atoms with van der Waals surface area (Å²) >= 11 is 0. The number of carbonyl (C=O) groups excluding carboxylic acids is 1. The molecule has 1 atom stereocenters. The van der Waals surface area contributed by atoms with Crippen LogP contribution in [0, 0.1) is 11.7 Å². The van der Waals surface area contributed by atoms with Crippen molar-refractivity contribution in [2.45, 2.75) is 39.0 Å². The van der Waals surface area contributed by atoms with E-state index in [1.165, 1.54) is 12.1 Å². The van der Waals surface area contributed by atoms with Crippen LogP contribution in [-0.4, -0.2) is 32.1 Å². The lowest BCUT2D eigenvalue weighted by atomic mass is 9.88. The predicted octanol–water partition coefficient (Wildman–Crippen LogP) is 2.48. The van der Waals surface area contributed by atoms with Crippen LogP contribution in [0.2, 0.25) is 0 Å². The van der Waals surface area contributed by atoms with E-state index in [4.69, 9.17) is 4.52 Å². The van der Waals surface area contributed by atoms with Gasteiger partial charge in [-0.25, -0.2) is 14.2 Å². The Hall–Kier alpha value is -3.10. The standard InChI is InChI=1S/C18H19FN4O4/c1-10-2-4-12(18(25)26)14(8-10)21-15(24)6-7-16-22-17(23-27-16)13-5-3-11(19)9-20-13/h3,5,9-10H,2,4,6-8H2,1H3,(H,21,24)(H,25,26)/t10-/m1/s1. The van der Waals surface area contributed by atoms with E-state index < -0.39 is 11.8 Å². The number of nitrogens with one attached hydrogen (secondary N) is 1. The van der Waals surface area contributed by atoms with Crippen molar-refractivity contribution in [3.05, 3.63) is 41.3 Å². The maximum atomic E-state index is 12.9. The van der Waals surface area contributed by atoms with Crippen molar-refractivity contribution in [2.24, 2.45) is 5.92 Å². The summed E-state index contributed by atoms with van der Waals surface area (Å²) in [7, 11) is 0. The van der Waals surface area contributed by atoms with Crippen LogP contribution >= 0.6 is 0 Å². The highest BCUT2D eigenvalue weighted by Crippen LogP contribution is 2.28. The summed E-state index contributed by atoms with van der Waals surface area (Å²) in [4.78, 5) is 31.5. The highest BCUT2D eigenvalue weighted by atomic mass is 19.1. The second kappa shape index (κ2) is 8.07. The monoisotopic (exact) mass is 374 g/mol. The quantitative estimate of drug-likeness (QED) is 0.797. The molecule has 9 heteroatoms. The highest BCUT2D eigenvalue weighted by molar-refractivity contribution is 5.89. The molecule has 1 aliphatic carbocycles. The van der Waals surface area contributed by atoms with Crippen LogP contribution in [0.5, 0.6) is 0 Å². The average Bonchev–Trinajstić information content (AvgIpc) is 3.09. The number of hydrogen-bond acceptors (Lipinski definition) is 6. The molecular formula is C18H19FN4O4. The molecule has 0 aromatic carbocycles. The maximum Gasteiger partial charge on any atom is 0.333 e. The number of nitrogens with zero attached hydrogens (tertiary/aromatic N) is 3. The highest BCUT2D eigenvalue weighted by Gasteiger charge is 2.24. The van der Waals surface area contributed by atoms with Crippen molar-refractivity contribution in [1.29, 1.82) is 0 Å². The molecule has 0 aliphatic heterocycles. The molecule has 27 heavy (non-hydrogen) atoms. The van der Waals surface area contributed by atoms with Crippen LogP contribution in [0.15, 0.2) is 34.1 Å². The van der Waals surface area contributed by atoms with Gasteiger partial charge < -0.3 is 14.9 Å². The summed E-state index contributed by atoms with van der Waals surface area (Å²) in [5.41, 5.74) is 1.11. The summed E-state index contributed by atoms with van der Waals surface area (Å²) < 4.78 is 18.0. The van der Waals surface area contributed by atoms with E-state index in [-0.39, 0.29) is 36.0 Å². The molecule has 2 N–H and O–H groups in total. The van der Waals surface area contributed by atoms with Crippen molar-refractivity contribution >= 4 is 11.9 Å². The van der Waals surface area contributed by atoms with Crippen LogP contribution in [0.1, 0.15) is 38.5 Å². The Bertz CT molecular complexity index is 876. The topological polar surface area (TPSA) is 118 Å². The molecular weight excluding hydrogens is 355 g/mol. The Kier molecular flexibility index (Phi) is 5.58. The summed E-state index contributed by atoms with van der Waals surface area (Å²) in [5.74, 6) is -0.988. The zero-order valence-electron chi connectivity index (χ0n) is 14.7. The third-order valence-electron chi connectivity index (χ3n) is 4.34. The molecule has 2 aromatic rings. The Morgan fingerprint density at radius 3 is 2.93 bits per heavy atom. The fourth-order valence-electron chi connectivity index (χ4n) is 2.90. The van der Waals surface area contributed by atoms with Gasteiger partial charge in [0, 0.05) is 18.5 Å².